The monoisotopic (exact) mass is 314 g/mol. The van der Waals surface area contributed by atoms with Crippen LogP contribution in [-0.2, 0) is 5.75 Å². The Balaban J connectivity index is 1.61. The van der Waals surface area contributed by atoms with E-state index in [4.69, 9.17) is 0 Å². The Kier molecular flexibility index (Phi) is 4.47. The fourth-order valence-corrected chi connectivity index (χ4v) is 3.47. The Labute approximate surface area is 131 Å². The molecule has 0 unspecified atom stereocenters. The van der Waals surface area contributed by atoms with Gasteiger partial charge >= 0.3 is 0 Å². The normalized spacial score (nSPS) is 10.5. The van der Waals surface area contributed by atoms with Crippen LogP contribution in [0, 0.1) is 6.92 Å². The van der Waals surface area contributed by atoms with Gasteiger partial charge in [0.2, 0.25) is 5.13 Å². The van der Waals surface area contributed by atoms with Crippen LogP contribution >= 0.6 is 23.1 Å². The van der Waals surface area contributed by atoms with Gasteiger partial charge in [-0.25, -0.2) is 0 Å². The Morgan fingerprint density at radius 2 is 2.10 bits per heavy atom. The van der Waals surface area contributed by atoms with Gasteiger partial charge in [-0.1, -0.05) is 41.3 Å². The molecule has 3 rings (SSSR count). The molecule has 0 aliphatic rings. The van der Waals surface area contributed by atoms with Crippen molar-refractivity contribution in [1.29, 1.82) is 0 Å². The number of anilines is 2. The number of aromatic nitrogens is 3. The summed E-state index contributed by atoms with van der Waals surface area (Å²) in [6.07, 6.45) is 1.81. The second-order valence-electron chi connectivity index (χ2n) is 4.48. The van der Waals surface area contributed by atoms with Gasteiger partial charge in [0, 0.05) is 17.6 Å². The lowest BCUT2D eigenvalue weighted by Crippen LogP contribution is -1.89. The van der Waals surface area contributed by atoms with Crippen molar-refractivity contribution in [1.82, 2.24) is 15.2 Å². The van der Waals surface area contributed by atoms with Gasteiger partial charge in [-0.2, -0.15) is 0 Å². The van der Waals surface area contributed by atoms with Crippen molar-refractivity contribution in [3.8, 4) is 0 Å². The van der Waals surface area contributed by atoms with Crippen molar-refractivity contribution in [3.63, 3.8) is 0 Å². The van der Waals surface area contributed by atoms with Gasteiger partial charge in [0.1, 0.15) is 0 Å². The van der Waals surface area contributed by atoms with Gasteiger partial charge in [-0.15, -0.1) is 10.2 Å². The number of hydrogen-bond donors (Lipinski definition) is 1. The summed E-state index contributed by atoms with van der Waals surface area (Å²) < 4.78 is 0.941. The van der Waals surface area contributed by atoms with Gasteiger partial charge in [-0.05, 0) is 36.8 Å². The molecule has 0 saturated heterocycles. The number of thioether (sulfide) groups is 1. The maximum Gasteiger partial charge on any atom is 0.210 e. The number of pyridine rings is 1. The van der Waals surface area contributed by atoms with Crippen molar-refractivity contribution in [2.45, 2.75) is 17.0 Å². The first-order chi connectivity index (χ1) is 10.3. The molecule has 21 heavy (non-hydrogen) atoms. The zero-order valence-electron chi connectivity index (χ0n) is 11.5. The molecule has 0 fully saturated rings. The minimum absolute atomic E-state index is 0.805. The van der Waals surface area contributed by atoms with Crippen LogP contribution in [0.1, 0.15) is 11.3 Å². The number of rotatable bonds is 5. The maximum atomic E-state index is 4.30. The third-order valence-electron chi connectivity index (χ3n) is 2.75. The van der Waals surface area contributed by atoms with Gasteiger partial charge < -0.3 is 5.32 Å². The second kappa shape index (κ2) is 6.69. The predicted molar refractivity (Wildman–Crippen MR) is 88.2 cm³/mol. The van der Waals surface area contributed by atoms with Crippen molar-refractivity contribution >= 4 is 33.9 Å². The van der Waals surface area contributed by atoms with E-state index >= 15 is 0 Å². The zero-order chi connectivity index (χ0) is 14.5. The predicted octanol–water partition coefficient (Wildman–Crippen LogP) is 4.28. The van der Waals surface area contributed by atoms with Gasteiger partial charge in [0.25, 0.3) is 0 Å². The van der Waals surface area contributed by atoms with Crippen molar-refractivity contribution in [2.24, 2.45) is 0 Å². The van der Waals surface area contributed by atoms with E-state index in [1.165, 1.54) is 5.56 Å². The minimum Gasteiger partial charge on any atom is -0.330 e. The summed E-state index contributed by atoms with van der Waals surface area (Å²) in [6.45, 7) is 2.07. The Bertz CT molecular complexity index is 712. The summed E-state index contributed by atoms with van der Waals surface area (Å²) in [4.78, 5) is 4.30. The standard InChI is InChI=1S/C15H14N4S2/c1-11-5-4-7-12(9-11)17-14-18-19-15(21-14)20-10-13-6-2-3-8-16-13/h2-9H,10H2,1H3,(H,17,18). The molecule has 0 amide bonds. The molecule has 1 aromatic carbocycles. The van der Waals surface area contributed by atoms with Crippen LogP contribution in [0.25, 0.3) is 0 Å². The SMILES string of the molecule is Cc1cccc(Nc2nnc(SCc3ccccn3)s2)c1. The van der Waals surface area contributed by atoms with Crippen molar-refractivity contribution in [2.75, 3.05) is 5.32 Å². The summed E-state index contributed by atoms with van der Waals surface area (Å²) in [5, 5.41) is 12.4. The van der Waals surface area contributed by atoms with Crippen molar-refractivity contribution in [3.05, 3.63) is 59.9 Å². The van der Waals surface area contributed by atoms with Crippen LogP contribution in [0.5, 0.6) is 0 Å². The summed E-state index contributed by atoms with van der Waals surface area (Å²) in [5.74, 6) is 0.805. The number of nitrogens with zero attached hydrogens (tertiary/aromatic N) is 3. The lowest BCUT2D eigenvalue weighted by atomic mass is 10.2. The highest BCUT2D eigenvalue weighted by Crippen LogP contribution is 2.29. The number of hydrogen-bond acceptors (Lipinski definition) is 6. The largest absolute Gasteiger partial charge is 0.330 e. The molecule has 0 saturated carbocycles. The third-order valence-corrected chi connectivity index (χ3v) is 4.75. The molecule has 2 aromatic heterocycles. The van der Waals surface area contributed by atoms with Crippen LogP contribution < -0.4 is 5.32 Å². The maximum absolute atomic E-state index is 4.30. The summed E-state index contributed by atoms with van der Waals surface area (Å²) in [5.41, 5.74) is 3.30. The smallest absolute Gasteiger partial charge is 0.210 e. The van der Waals surface area contributed by atoms with Crippen LogP contribution in [0.15, 0.2) is 53.0 Å². The summed E-state index contributed by atoms with van der Waals surface area (Å²) in [6, 6.07) is 14.1. The first-order valence-corrected chi connectivity index (χ1v) is 8.30. The molecule has 6 heteroatoms. The minimum atomic E-state index is 0.805. The van der Waals surface area contributed by atoms with E-state index < -0.39 is 0 Å². The fourth-order valence-electron chi connectivity index (χ4n) is 1.78. The zero-order valence-corrected chi connectivity index (χ0v) is 13.1. The van der Waals surface area contributed by atoms with Gasteiger partial charge in [0.15, 0.2) is 4.34 Å². The van der Waals surface area contributed by atoms with E-state index in [1.54, 1.807) is 29.3 Å². The van der Waals surface area contributed by atoms with Crippen LogP contribution in [0.3, 0.4) is 0 Å². The molecule has 1 N–H and O–H groups in total. The first kappa shape index (κ1) is 14.0. The number of aryl methyl sites for hydroxylation is 1. The lowest BCUT2D eigenvalue weighted by molar-refractivity contribution is 1.01. The molecule has 0 radical (unpaired) electrons. The topological polar surface area (TPSA) is 50.7 Å². The second-order valence-corrected chi connectivity index (χ2v) is 6.68. The van der Waals surface area contributed by atoms with E-state index in [1.807, 2.05) is 30.3 Å². The van der Waals surface area contributed by atoms with Crippen LogP contribution in [-0.4, -0.2) is 15.2 Å². The molecular weight excluding hydrogens is 300 g/mol. The molecule has 0 aliphatic carbocycles. The lowest BCUT2D eigenvalue weighted by Gasteiger charge is -2.01. The molecule has 2 heterocycles. The van der Waals surface area contributed by atoms with E-state index in [0.717, 1.165) is 26.6 Å². The Morgan fingerprint density at radius 3 is 2.90 bits per heavy atom. The van der Waals surface area contributed by atoms with Gasteiger partial charge in [-0.3, -0.25) is 4.98 Å². The summed E-state index contributed by atoms with van der Waals surface area (Å²) >= 11 is 3.21. The van der Waals surface area contributed by atoms with Gasteiger partial charge in [0.05, 0.1) is 5.69 Å². The average Bonchev–Trinajstić information content (AvgIpc) is 2.94. The quantitative estimate of drug-likeness (QED) is 0.712. The third kappa shape index (κ3) is 4.03. The number of nitrogens with one attached hydrogen (secondary N) is 1. The summed E-state index contributed by atoms with van der Waals surface area (Å²) in [7, 11) is 0. The fraction of sp³-hybridized carbons (Fsp3) is 0.133. The highest BCUT2D eigenvalue weighted by molar-refractivity contribution is 8.00. The molecule has 0 atom stereocenters. The molecule has 4 nitrogen and oxygen atoms in total. The molecule has 3 aromatic rings. The van der Waals surface area contributed by atoms with Crippen molar-refractivity contribution < 1.29 is 0 Å². The molecule has 0 bridgehead atoms. The number of benzene rings is 1. The Hall–Kier alpha value is -1.92. The van der Waals surface area contributed by atoms with Crippen LogP contribution in [0.4, 0.5) is 10.8 Å². The van der Waals surface area contributed by atoms with E-state index in [9.17, 15) is 0 Å². The molecule has 106 valence electrons. The highest BCUT2D eigenvalue weighted by atomic mass is 32.2. The Morgan fingerprint density at radius 1 is 1.14 bits per heavy atom. The highest BCUT2D eigenvalue weighted by Gasteiger charge is 2.06. The first-order valence-electron chi connectivity index (χ1n) is 6.49. The molecular formula is C15H14N4S2. The molecule has 0 spiro atoms. The molecule has 0 aliphatic heterocycles. The van der Waals surface area contributed by atoms with Crippen LogP contribution in [0.2, 0.25) is 0 Å². The van der Waals surface area contributed by atoms with E-state index in [0.29, 0.717) is 0 Å². The van der Waals surface area contributed by atoms with E-state index in [-0.39, 0.29) is 0 Å². The average molecular weight is 314 g/mol. The van der Waals surface area contributed by atoms with E-state index in [2.05, 4.69) is 39.6 Å².